The molecule has 5 nitrogen and oxygen atoms in total. The topological polar surface area (TPSA) is 48.3 Å². The van der Waals surface area contributed by atoms with Gasteiger partial charge in [0.05, 0.1) is 25.5 Å². The van der Waals surface area contributed by atoms with Crippen LogP contribution in [0.5, 0.6) is 5.75 Å². The predicted octanol–water partition coefficient (Wildman–Crippen LogP) is 2.79. The Labute approximate surface area is 122 Å². The normalized spacial score (nSPS) is 14.8. The lowest BCUT2D eigenvalue weighted by Crippen LogP contribution is -2.38. The summed E-state index contributed by atoms with van der Waals surface area (Å²) in [6.07, 6.45) is 1.85. The lowest BCUT2D eigenvalue weighted by Gasteiger charge is -2.31. The maximum Gasteiger partial charge on any atom is 0.161 e. The van der Waals surface area contributed by atoms with Crippen molar-refractivity contribution in [2.45, 2.75) is 52.8 Å². The number of aromatic nitrogens is 2. The summed E-state index contributed by atoms with van der Waals surface area (Å²) < 4.78 is 13.2. The second-order valence-electron chi connectivity index (χ2n) is 5.62. The van der Waals surface area contributed by atoms with Gasteiger partial charge < -0.3 is 14.8 Å². The van der Waals surface area contributed by atoms with Crippen LogP contribution in [0.4, 0.5) is 0 Å². The molecule has 1 rings (SSSR count). The summed E-state index contributed by atoms with van der Waals surface area (Å²) in [7, 11) is 3.45. The Morgan fingerprint density at radius 3 is 2.30 bits per heavy atom. The summed E-state index contributed by atoms with van der Waals surface area (Å²) >= 11 is 0. The second-order valence-corrected chi connectivity index (χ2v) is 5.62. The molecule has 0 aliphatic heterocycles. The number of rotatable bonds is 8. The van der Waals surface area contributed by atoms with E-state index in [1.54, 1.807) is 20.4 Å². The van der Waals surface area contributed by atoms with Crippen LogP contribution in [0.15, 0.2) is 6.20 Å². The van der Waals surface area contributed by atoms with E-state index in [0.29, 0.717) is 5.92 Å². The molecule has 5 heteroatoms. The van der Waals surface area contributed by atoms with Gasteiger partial charge >= 0.3 is 0 Å². The molecular weight excluding hydrogens is 254 g/mol. The monoisotopic (exact) mass is 283 g/mol. The molecule has 0 aliphatic rings. The molecule has 1 heterocycles. The highest BCUT2D eigenvalue weighted by Crippen LogP contribution is 2.32. The van der Waals surface area contributed by atoms with E-state index in [-0.39, 0.29) is 18.2 Å². The van der Waals surface area contributed by atoms with Crippen LogP contribution in [0.2, 0.25) is 0 Å². The zero-order valence-corrected chi connectivity index (χ0v) is 13.8. The molecule has 1 aromatic rings. The Kier molecular flexibility index (Phi) is 6.49. The van der Waals surface area contributed by atoms with Gasteiger partial charge in [-0.25, -0.2) is 0 Å². The molecule has 116 valence electrons. The summed E-state index contributed by atoms with van der Waals surface area (Å²) in [5.74, 6) is 1.21. The van der Waals surface area contributed by atoms with Crippen molar-refractivity contribution in [3.05, 3.63) is 11.9 Å². The van der Waals surface area contributed by atoms with Crippen LogP contribution in [0.3, 0.4) is 0 Å². The van der Waals surface area contributed by atoms with E-state index in [2.05, 4.69) is 45.0 Å². The van der Waals surface area contributed by atoms with Gasteiger partial charge in [-0.15, -0.1) is 0 Å². The number of methoxy groups -OCH3 is 2. The Morgan fingerprint density at radius 2 is 1.90 bits per heavy atom. The van der Waals surface area contributed by atoms with Crippen LogP contribution < -0.4 is 10.1 Å². The van der Waals surface area contributed by atoms with Crippen LogP contribution in [-0.4, -0.2) is 36.6 Å². The van der Waals surface area contributed by atoms with E-state index in [9.17, 15) is 0 Å². The molecule has 0 saturated carbocycles. The summed E-state index contributed by atoms with van der Waals surface area (Å²) in [5, 5.41) is 7.98. The molecule has 0 aliphatic carbocycles. The van der Waals surface area contributed by atoms with Crippen molar-refractivity contribution in [2.75, 3.05) is 20.8 Å². The van der Waals surface area contributed by atoms with E-state index in [1.165, 1.54) is 0 Å². The molecule has 0 fully saturated rings. The van der Waals surface area contributed by atoms with Gasteiger partial charge in [0, 0.05) is 13.2 Å². The summed E-state index contributed by atoms with van der Waals surface area (Å²) in [5.41, 5.74) is 1.06. The van der Waals surface area contributed by atoms with Crippen LogP contribution in [0, 0.1) is 5.92 Å². The van der Waals surface area contributed by atoms with Gasteiger partial charge in [-0.1, -0.05) is 20.8 Å². The third-order valence-electron chi connectivity index (χ3n) is 3.48. The molecule has 0 radical (unpaired) electrons. The first-order chi connectivity index (χ1) is 9.47. The summed E-state index contributed by atoms with van der Waals surface area (Å²) in [6.45, 7) is 11.5. The minimum Gasteiger partial charge on any atom is -0.493 e. The number of ether oxygens (including phenoxy) is 2. The fourth-order valence-corrected chi connectivity index (χ4v) is 2.60. The summed E-state index contributed by atoms with van der Waals surface area (Å²) in [6, 6.07) is 0.338. The maximum atomic E-state index is 5.73. The Morgan fingerprint density at radius 1 is 1.25 bits per heavy atom. The van der Waals surface area contributed by atoms with Gasteiger partial charge in [0.15, 0.2) is 5.75 Å². The molecule has 2 unspecified atom stereocenters. The van der Waals surface area contributed by atoms with Gasteiger partial charge in [0.1, 0.15) is 5.69 Å². The Hall–Kier alpha value is -1.07. The van der Waals surface area contributed by atoms with Gasteiger partial charge in [-0.3, -0.25) is 4.68 Å². The average Bonchev–Trinajstić information content (AvgIpc) is 2.81. The lowest BCUT2D eigenvalue weighted by atomic mass is 9.96. The molecule has 0 spiro atoms. The van der Waals surface area contributed by atoms with Gasteiger partial charge in [-0.05, 0) is 26.3 Å². The fraction of sp³-hybridized carbons (Fsp3) is 0.800. The first-order valence-electron chi connectivity index (χ1n) is 7.35. The van der Waals surface area contributed by atoms with Crippen LogP contribution >= 0.6 is 0 Å². The average molecular weight is 283 g/mol. The summed E-state index contributed by atoms with van der Waals surface area (Å²) in [4.78, 5) is 0. The van der Waals surface area contributed by atoms with Crippen molar-refractivity contribution < 1.29 is 9.47 Å². The number of hydrogen-bond acceptors (Lipinski definition) is 4. The number of likely N-dealkylation sites (N-methyl/N-ethyl adjacent to an activating group) is 1. The molecule has 1 aromatic heterocycles. The van der Waals surface area contributed by atoms with Crippen LogP contribution in [0.25, 0.3) is 0 Å². The van der Waals surface area contributed by atoms with Crippen molar-refractivity contribution in [1.82, 2.24) is 15.1 Å². The standard InChI is InChI=1S/C15H29N3O2/c1-8-16-13(15(20-7)10(2)3)14-12(19-6)9-17-18(14)11(4)5/h9-11,13,15-16H,8H2,1-7H3. The number of nitrogens with zero attached hydrogens (tertiary/aromatic N) is 2. The van der Waals surface area contributed by atoms with Crippen molar-refractivity contribution in [3.8, 4) is 5.75 Å². The molecule has 20 heavy (non-hydrogen) atoms. The number of nitrogens with one attached hydrogen (secondary N) is 1. The van der Waals surface area contributed by atoms with Crippen molar-refractivity contribution in [2.24, 2.45) is 5.92 Å². The molecule has 0 saturated heterocycles. The molecule has 0 bridgehead atoms. The lowest BCUT2D eigenvalue weighted by molar-refractivity contribution is 0.0295. The SMILES string of the molecule is CCNC(c1c(OC)cnn1C(C)C)C(OC)C(C)C. The molecular formula is C15H29N3O2. The van der Waals surface area contributed by atoms with E-state index in [4.69, 9.17) is 9.47 Å². The zero-order valence-electron chi connectivity index (χ0n) is 13.8. The van der Waals surface area contributed by atoms with E-state index in [0.717, 1.165) is 18.0 Å². The predicted molar refractivity (Wildman–Crippen MR) is 81.2 cm³/mol. The van der Waals surface area contributed by atoms with Crippen LogP contribution in [-0.2, 0) is 4.74 Å². The quantitative estimate of drug-likeness (QED) is 0.797. The fourth-order valence-electron chi connectivity index (χ4n) is 2.60. The van der Waals surface area contributed by atoms with E-state index < -0.39 is 0 Å². The second kappa shape index (κ2) is 7.64. The molecule has 1 N–H and O–H groups in total. The van der Waals surface area contributed by atoms with Crippen molar-refractivity contribution in [3.63, 3.8) is 0 Å². The van der Waals surface area contributed by atoms with Crippen molar-refractivity contribution in [1.29, 1.82) is 0 Å². The highest BCUT2D eigenvalue weighted by Gasteiger charge is 2.31. The smallest absolute Gasteiger partial charge is 0.161 e. The van der Waals surface area contributed by atoms with E-state index in [1.807, 2.05) is 4.68 Å². The highest BCUT2D eigenvalue weighted by molar-refractivity contribution is 5.30. The third kappa shape index (κ3) is 3.52. The highest BCUT2D eigenvalue weighted by atomic mass is 16.5. The first-order valence-corrected chi connectivity index (χ1v) is 7.35. The maximum absolute atomic E-state index is 5.73. The minimum absolute atomic E-state index is 0.0600. The zero-order chi connectivity index (χ0) is 15.3. The van der Waals surface area contributed by atoms with Gasteiger partial charge in [0.25, 0.3) is 0 Å². The van der Waals surface area contributed by atoms with E-state index >= 15 is 0 Å². The Bertz CT molecular complexity index is 402. The molecule has 0 amide bonds. The Balaban J connectivity index is 3.28. The first kappa shape index (κ1) is 17.0. The third-order valence-corrected chi connectivity index (χ3v) is 3.48. The van der Waals surface area contributed by atoms with Crippen LogP contribution in [0.1, 0.15) is 52.4 Å². The van der Waals surface area contributed by atoms with Gasteiger partial charge in [-0.2, -0.15) is 5.10 Å². The largest absolute Gasteiger partial charge is 0.493 e. The van der Waals surface area contributed by atoms with Gasteiger partial charge in [0.2, 0.25) is 0 Å². The molecule has 0 aromatic carbocycles. The number of hydrogen-bond donors (Lipinski definition) is 1. The molecule has 2 atom stereocenters. The van der Waals surface area contributed by atoms with Crippen molar-refractivity contribution >= 4 is 0 Å². The minimum atomic E-state index is 0.0600.